The molecule has 0 aliphatic rings. The van der Waals surface area contributed by atoms with Gasteiger partial charge in [-0.2, -0.15) is 5.10 Å². The highest BCUT2D eigenvalue weighted by Crippen LogP contribution is 2.10. The number of aromatic nitrogens is 2. The van der Waals surface area contributed by atoms with E-state index in [1.54, 1.807) is 19.2 Å². The first kappa shape index (κ1) is 10.3. The first-order valence-electron chi connectivity index (χ1n) is 4.30. The van der Waals surface area contributed by atoms with Gasteiger partial charge in [0.1, 0.15) is 5.56 Å². The van der Waals surface area contributed by atoms with E-state index in [4.69, 9.17) is 10.5 Å². The summed E-state index contributed by atoms with van der Waals surface area (Å²) in [6, 6.07) is 0. The first-order chi connectivity index (χ1) is 6.69. The largest absolute Gasteiger partial charge is 0.462 e. The number of anilines is 1. The molecule has 0 spiro atoms. The Hall–Kier alpha value is -1.78. The Morgan fingerprint density at radius 3 is 3.14 bits per heavy atom. The molecule has 0 unspecified atom stereocenters. The fourth-order valence-electron chi connectivity index (χ4n) is 1.03. The predicted molar refractivity (Wildman–Crippen MR) is 52.8 cm³/mol. The van der Waals surface area contributed by atoms with Crippen molar-refractivity contribution in [3.63, 3.8) is 0 Å². The highest BCUT2D eigenvalue weighted by molar-refractivity contribution is 5.93. The van der Waals surface area contributed by atoms with Crippen LogP contribution in [0.4, 0.5) is 5.82 Å². The zero-order valence-electron chi connectivity index (χ0n) is 8.06. The molecule has 1 heterocycles. The second-order valence-electron chi connectivity index (χ2n) is 2.66. The van der Waals surface area contributed by atoms with Crippen LogP contribution in [0.3, 0.4) is 0 Å². The minimum atomic E-state index is -0.444. The van der Waals surface area contributed by atoms with E-state index >= 15 is 0 Å². The summed E-state index contributed by atoms with van der Waals surface area (Å²) >= 11 is 0. The Morgan fingerprint density at radius 1 is 1.86 bits per heavy atom. The van der Waals surface area contributed by atoms with Crippen LogP contribution in [0.1, 0.15) is 17.3 Å². The van der Waals surface area contributed by atoms with Gasteiger partial charge in [0, 0.05) is 6.20 Å². The van der Waals surface area contributed by atoms with Gasteiger partial charge in [-0.15, -0.1) is 6.58 Å². The van der Waals surface area contributed by atoms with E-state index in [0.29, 0.717) is 18.7 Å². The number of hydrogen-bond donors (Lipinski definition) is 1. The number of rotatable bonds is 4. The van der Waals surface area contributed by atoms with E-state index in [0.717, 1.165) is 0 Å². The van der Waals surface area contributed by atoms with Crippen molar-refractivity contribution >= 4 is 11.8 Å². The number of nitrogen functional groups attached to an aromatic ring is 1. The molecule has 0 saturated heterocycles. The fourth-order valence-corrected chi connectivity index (χ4v) is 1.03. The molecule has 14 heavy (non-hydrogen) atoms. The highest BCUT2D eigenvalue weighted by Gasteiger charge is 2.14. The Kier molecular flexibility index (Phi) is 3.28. The van der Waals surface area contributed by atoms with Gasteiger partial charge in [0.15, 0.2) is 5.82 Å². The van der Waals surface area contributed by atoms with Crippen molar-refractivity contribution in [1.82, 2.24) is 9.78 Å². The SMILES string of the molecule is C=CCn1cc(C(=O)OCC)c(N)n1. The topological polar surface area (TPSA) is 70.1 Å². The maximum absolute atomic E-state index is 11.3. The average molecular weight is 195 g/mol. The monoisotopic (exact) mass is 195 g/mol. The van der Waals surface area contributed by atoms with Crippen molar-refractivity contribution < 1.29 is 9.53 Å². The van der Waals surface area contributed by atoms with Crippen molar-refractivity contribution in [3.8, 4) is 0 Å². The number of allylic oxidation sites excluding steroid dienone is 1. The van der Waals surface area contributed by atoms with Gasteiger partial charge in [0.05, 0.1) is 13.2 Å². The average Bonchev–Trinajstić information content (AvgIpc) is 2.48. The zero-order valence-corrected chi connectivity index (χ0v) is 8.06. The number of esters is 1. The van der Waals surface area contributed by atoms with Crippen LogP contribution >= 0.6 is 0 Å². The minimum Gasteiger partial charge on any atom is -0.462 e. The van der Waals surface area contributed by atoms with Crippen molar-refractivity contribution in [2.45, 2.75) is 13.5 Å². The van der Waals surface area contributed by atoms with Gasteiger partial charge in [-0.25, -0.2) is 4.79 Å². The molecule has 2 N–H and O–H groups in total. The molecule has 0 aromatic carbocycles. The van der Waals surface area contributed by atoms with Gasteiger partial charge >= 0.3 is 5.97 Å². The molecule has 0 atom stereocenters. The molecule has 5 heteroatoms. The summed E-state index contributed by atoms with van der Waals surface area (Å²) in [5.41, 5.74) is 5.84. The van der Waals surface area contributed by atoms with Crippen LogP contribution in [0.25, 0.3) is 0 Å². The van der Waals surface area contributed by atoms with Crippen molar-refractivity contribution in [2.24, 2.45) is 0 Å². The van der Waals surface area contributed by atoms with Crippen molar-refractivity contribution in [1.29, 1.82) is 0 Å². The smallest absolute Gasteiger partial charge is 0.343 e. The molecule has 76 valence electrons. The van der Waals surface area contributed by atoms with E-state index in [-0.39, 0.29) is 5.82 Å². The second kappa shape index (κ2) is 4.45. The Balaban J connectivity index is 2.86. The normalized spacial score (nSPS) is 9.79. The van der Waals surface area contributed by atoms with Gasteiger partial charge in [-0.3, -0.25) is 4.68 Å². The molecule has 1 aromatic heterocycles. The Morgan fingerprint density at radius 2 is 2.57 bits per heavy atom. The third-order valence-electron chi connectivity index (χ3n) is 1.60. The maximum Gasteiger partial charge on any atom is 0.343 e. The summed E-state index contributed by atoms with van der Waals surface area (Å²) in [7, 11) is 0. The third-order valence-corrected chi connectivity index (χ3v) is 1.60. The first-order valence-corrected chi connectivity index (χ1v) is 4.30. The van der Waals surface area contributed by atoms with Crippen LogP contribution in [0, 0.1) is 0 Å². The number of ether oxygens (including phenoxy) is 1. The molecular weight excluding hydrogens is 182 g/mol. The van der Waals surface area contributed by atoms with Crippen LogP contribution in [-0.4, -0.2) is 22.4 Å². The van der Waals surface area contributed by atoms with E-state index in [2.05, 4.69) is 11.7 Å². The number of carbonyl (C=O) groups excluding carboxylic acids is 1. The summed E-state index contributed by atoms with van der Waals surface area (Å²) < 4.78 is 6.34. The zero-order chi connectivity index (χ0) is 10.6. The molecule has 1 aromatic rings. The molecule has 0 fully saturated rings. The molecule has 1 rings (SSSR count). The molecule has 0 bridgehead atoms. The lowest BCUT2D eigenvalue weighted by Crippen LogP contribution is -2.05. The highest BCUT2D eigenvalue weighted by atomic mass is 16.5. The molecule has 0 aliphatic heterocycles. The van der Waals surface area contributed by atoms with Gasteiger partial charge in [-0.05, 0) is 6.92 Å². The van der Waals surface area contributed by atoms with Gasteiger partial charge in [0.2, 0.25) is 0 Å². The van der Waals surface area contributed by atoms with Crippen LogP contribution < -0.4 is 5.73 Å². The van der Waals surface area contributed by atoms with E-state index in [9.17, 15) is 4.79 Å². The van der Waals surface area contributed by atoms with E-state index in [1.807, 2.05) is 0 Å². The molecule has 5 nitrogen and oxygen atoms in total. The third kappa shape index (κ3) is 2.12. The fraction of sp³-hybridized carbons (Fsp3) is 0.333. The minimum absolute atomic E-state index is 0.185. The van der Waals surface area contributed by atoms with Crippen LogP contribution in [-0.2, 0) is 11.3 Å². The van der Waals surface area contributed by atoms with E-state index < -0.39 is 5.97 Å². The number of carbonyl (C=O) groups is 1. The van der Waals surface area contributed by atoms with Crippen molar-refractivity contribution in [2.75, 3.05) is 12.3 Å². The standard InChI is InChI=1S/C9H13N3O2/c1-3-5-12-6-7(8(10)11-12)9(13)14-4-2/h3,6H,1,4-5H2,2H3,(H2,10,11). The summed E-state index contributed by atoms with van der Waals surface area (Å²) in [5, 5.41) is 3.93. The van der Waals surface area contributed by atoms with Crippen LogP contribution in [0.15, 0.2) is 18.9 Å². The lowest BCUT2D eigenvalue weighted by atomic mass is 10.3. The van der Waals surface area contributed by atoms with Crippen LogP contribution in [0.5, 0.6) is 0 Å². The quantitative estimate of drug-likeness (QED) is 0.570. The summed E-state index contributed by atoms with van der Waals surface area (Å²) in [4.78, 5) is 11.3. The van der Waals surface area contributed by atoms with Gasteiger partial charge in [0.25, 0.3) is 0 Å². The Bertz CT molecular complexity index is 344. The Labute approximate surface area is 82.2 Å². The number of hydrogen-bond acceptors (Lipinski definition) is 4. The second-order valence-corrected chi connectivity index (χ2v) is 2.66. The lowest BCUT2D eigenvalue weighted by molar-refractivity contribution is 0.0527. The maximum atomic E-state index is 11.3. The molecule has 0 amide bonds. The van der Waals surface area contributed by atoms with Crippen molar-refractivity contribution in [3.05, 3.63) is 24.4 Å². The van der Waals surface area contributed by atoms with Gasteiger partial charge in [-0.1, -0.05) is 6.08 Å². The predicted octanol–water partition coefficient (Wildman–Crippen LogP) is 0.828. The van der Waals surface area contributed by atoms with Crippen LogP contribution in [0.2, 0.25) is 0 Å². The molecule has 0 saturated carbocycles. The van der Waals surface area contributed by atoms with E-state index in [1.165, 1.54) is 4.68 Å². The van der Waals surface area contributed by atoms with Gasteiger partial charge < -0.3 is 10.5 Å². The molecular formula is C9H13N3O2. The summed E-state index contributed by atoms with van der Waals surface area (Å²) in [6.45, 7) is 6.14. The summed E-state index contributed by atoms with van der Waals surface area (Å²) in [6.07, 6.45) is 3.22. The summed E-state index contributed by atoms with van der Waals surface area (Å²) in [5.74, 6) is -0.259. The number of nitrogens with two attached hydrogens (primary N) is 1. The molecule has 0 aliphatic carbocycles. The number of nitrogens with zero attached hydrogens (tertiary/aromatic N) is 2. The lowest BCUT2D eigenvalue weighted by Gasteiger charge is -1.97. The molecule has 0 radical (unpaired) electrons.